The Morgan fingerprint density at radius 1 is 1.43 bits per heavy atom. The van der Waals surface area contributed by atoms with Gasteiger partial charge in [-0.15, -0.1) is 0 Å². The summed E-state index contributed by atoms with van der Waals surface area (Å²) in [5.74, 6) is 0.231. The van der Waals surface area contributed by atoms with Crippen molar-refractivity contribution in [1.82, 2.24) is 9.80 Å². The lowest BCUT2D eigenvalue weighted by atomic mass is 10.1. The van der Waals surface area contributed by atoms with Gasteiger partial charge in [0.05, 0.1) is 6.54 Å². The van der Waals surface area contributed by atoms with Gasteiger partial charge < -0.3 is 9.80 Å². The molecule has 4 nitrogen and oxygen atoms in total. The van der Waals surface area contributed by atoms with Crippen molar-refractivity contribution < 1.29 is 9.59 Å². The summed E-state index contributed by atoms with van der Waals surface area (Å²) >= 11 is 3.29. The van der Waals surface area contributed by atoms with Gasteiger partial charge in [-0.3, -0.25) is 9.59 Å². The van der Waals surface area contributed by atoms with Gasteiger partial charge in [0.2, 0.25) is 11.8 Å². The second-order valence-corrected chi connectivity index (χ2v) is 4.49. The van der Waals surface area contributed by atoms with Crippen molar-refractivity contribution in [1.29, 1.82) is 0 Å². The van der Waals surface area contributed by atoms with Crippen LogP contribution in [-0.2, 0) is 9.59 Å². The van der Waals surface area contributed by atoms with E-state index >= 15 is 0 Å². The summed E-state index contributed by atoms with van der Waals surface area (Å²) in [5.41, 5.74) is 0. The fraction of sp³-hybridized carbons (Fsp3) is 0.778. The normalized spacial score (nSPS) is 27.1. The van der Waals surface area contributed by atoms with Crippen molar-refractivity contribution in [3.8, 4) is 0 Å². The van der Waals surface area contributed by atoms with Crippen molar-refractivity contribution >= 4 is 27.7 Å². The van der Waals surface area contributed by atoms with Crippen molar-refractivity contribution in [2.45, 2.75) is 18.9 Å². The van der Waals surface area contributed by atoms with Gasteiger partial charge in [0.25, 0.3) is 0 Å². The third-order valence-electron chi connectivity index (χ3n) is 2.85. The van der Waals surface area contributed by atoms with Crippen LogP contribution >= 0.6 is 15.9 Å². The minimum atomic E-state index is -0.157. The Balaban J connectivity index is 2.12. The van der Waals surface area contributed by atoms with Crippen LogP contribution in [0.15, 0.2) is 0 Å². The van der Waals surface area contributed by atoms with E-state index in [9.17, 15) is 9.59 Å². The summed E-state index contributed by atoms with van der Waals surface area (Å²) in [6, 6.07) is -0.157. The second-order valence-electron chi connectivity index (χ2n) is 3.69. The summed E-state index contributed by atoms with van der Waals surface area (Å²) in [7, 11) is 0. The number of alkyl halides is 1. The van der Waals surface area contributed by atoms with Gasteiger partial charge >= 0.3 is 0 Å². The zero-order valence-electron chi connectivity index (χ0n) is 7.91. The summed E-state index contributed by atoms with van der Waals surface area (Å²) in [5, 5.41) is 0.735. The number of nitrogens with zero attached hydrogens (tertiary/aromatic N) is 2. The minimum Gasteiger partial charge on any atom is -0.331 e. The maximum Gasteiger partial charge on any atom is 0.245 e. The van der Waals surface area contributed by atoms with Gasteiger partial charge in [-0.2, -0.15) is 0 Å². The van der Waals surface area contributed by atoms with E-state index in [4.69, 9.17) is 0 Å². The molecule has 0 saturated carbocycles. The van der Waals surface area contributed by atoms with E-state index in [1.54, 1.807) is 9.80 Å². The first kappa shape index (κ1) is 9.96. The van der Waals surface area contributed by atoms with E-state index in [1.807, 2.05) is 0 Å². The fourth-order valence-electron chi connectivity index (χ4n) is 2.16. The maximum absolute atomic E-state index is 11.9. The topological polar surface area (TPSA) is 40.6 Å². The molecule has 2 heterocycles. The molecule has 0 radical (unpaired) electrons. The van der Waals surface area contributed by atoms with Crippen LogP contribution in [0, 0.1) is 0 Å². The number of rotatable bonds is 2. The average molecular weight is 261 g/mol. The molecule has 2 rings (SSSR count). The lowest BCUT2D eigenvalue weighted by Gasteiger charge is -2.36. The van der Waals surface area contributed by atoms with Gasteiger partial charge in [0, 0.05) is 18.4 Å². The first-order valence-electron chi connectivity index (χ1n) is 4.88. The molecule has 0 aliphatic carbocycles. The van der Waals surface area contributed by atoms with Crippen LogP contribution in [0.4, 0.5) is 0 Å². The molecule has 2 aliphatic rings. The van der Waals surface area contributed by atoms with Gasteiger partial charge in [0.15, 0.2) is 0 Å². The van der Waals surface area contributed by atoms with Crippen LogP contribution in [0.25, 0.3) is 0 Å². The molecule has 0 bridgehead atoms. The fourth-order valence-corrected chi connectivity index (χ4v) is 2.58. The molecule has 0 aromatic heterocycles. The molecule has 0 spiro atoms. The molecule has 2 amide bonds. The van der Waals surface area contributed by atoms with Crippen molar-refractivity contribution in [3.63, 3.8) is 0 Å². The number of halogens is 1. The van der Waals surface area contributed by atoms with Crippen LogP contribution in [0.2, 0.25) is 0 Å². The van der Waals surface area contributed by atoms with E-state index < -0.39 is 0 Å². The van der Waals surface area contributed by atoms with Crippen LogP contribution in [-0.4, -0.2) is 52.6 Å². The van der Waals surface area contributed by atoms with Gasteiger partial charge in [-0.1, -0.05) is 15.9 Å². The van der Waals surface area contributed by atoms with E-state index in [2.05, 4.69) is 15.9 Å². The van der Waals surface area contributed by atoms with Crippen LogP contribution < -0.4 is 0 Å². The van der Waals surface area contributed by atoms with Gasteiger partial charge in [0.1, 0.15) is 6.04 Å². The molecular formula is C9H13BrN2O2. The van der Waals surface area contributed by atoms with E-state index in [1.165, 1.54) is 0 Å². The van der Waals surface area contributed by atoms with Crippen LogP contribution in [0.5, 0.6) is 0 Å². The summed E-state index contributed by atoms with van der Waals surface area (Å²) in [6.07, 6.45) is 1.80. The Morgan fingerprint density at radius 2 is 2.21 bits per heavy atom. The van der Waals surface area contributed by atoms with Crippen LogP contribution in [0.1, 0.15) is 12.8 Å². The molecule has 0 N–H and O–H groups in total. The zero-order valence-corrected chi connectivity index (χ0v) is 9.49. The van der Waals surface area contributed by atoms with Gasteiger partial charge in [-0.05, 0) is 12.8 Å². The minimum absolute atomic E-state index is 0.105. The lowest BCUT2D eigenvalue weighted by Crippen LogP contribution is -2.57. The summed E-state index contributed by atoms with van der Waals surface area (Å²) in [4.78, 5) is 26.9. The number of piperazine rings is 1. The highest BCUT2D eigenvalue weighted by Gasteiger charge is 2.41. The monoisotopic (exact) mass is 260 g/mol. The standard InChI is InChI=1S/C9H13BrN2O2/c10-3-5-11-6-8(13)12-4-1-2-7(12)9(11)14/h7H,1-6H2. The Kier molecular flexibility index (Phi) is 2.76. The Labute approximate surface area is 91.4 Å². The lowest BCUT2D eigenvalue weighted by molar-refractivity contribution is -0.153. The molecule has 5 heteroatoms. The summed E-state index contributed by atoms with van der Waals surface area (Å²) < 4.78 is 0. The van der Waals surface area contributed by atoms with E-state index in [0.717, 1.165) is 24.7 Å². The van der Waals surface area contributed by atoms with E-state index in [0.29, 0.717) is 6.54 Å². The smallest absolute Gasteiger partial charge is 0.245 e. The number of carbonyl (C=O) groups is 2. The molecule has 1 atom stereocenters. The molecule has 0 aromatic carbocycles. The zero-order chi connectivity index (χ0) is 10.1. The third-order valence-corrected chi connectivity index (χ3v) is 3.21. The Hall–Kier alpha value is -0.580. The molecule has 78 valence electrons. The highest BCUT2D eigenvalue weighted by Crippen LogP contribution is 2.23. The number of carbonyl (C=O) groups excluding carboxylic acids is 2. The molecular weight excluding hydrogens is 248 g/mol. The largest absolute Gasteiger partial charge is 0.331 e. The average Bonchev–Trinajstić information content (AvgIpc) is 2.63. The number of fused-ring (bicyclic) bond motifs is 1. The maximum atomic E-state index is 11.9. The van der Waals surface area contributed by atoms with Crippen molar-refractivity contribution in [2.24, 2.45) is 0 Å². The first-order valence-corrected chi connectivity index (χ1v) is 6.00. The number of hydrogen-bond donors (Lipinski definition) is 0. The first-order chi connectivity index (χ1) is 6.74. The van der Waals surface area contributed by atoms with Crippen molar-refractivity contribution in [3.05, 3.63) is 0 Å². The molecule has 14 heavy (non-hydrogen) atoms. The molecule has 2 aliphatic heterocycles. The Bertz CT molecular complexity index is 270. The molecule has 0 aromatic rings. The van der Waals surface area contributed by atoms with Gasteiger partial charge in [-0.25, -0.2) is 0 Å². The predicted octanol–water partition coefficient (Wildman–Crippen LogP) is 0.215. The summed E-state index contributed by atoms with van der Waals surface area (Å²) in [6.45, 7) is 1.66. The van der Waals surface area contributed by atoms with Crippen molar-refractivity contribution in [2.75, 3.05) is 25.0 Å². The third kappa shape index (κ3) is 1.54. The Morgan fingerprint density at radius 3 is 2.93 bits per heavy atom. The highest BCUT2D eigenvalue weighted by atomic mass is 79.9. The number of amides is 2. The SMILES string of the molecule is O=C1C2CCCN2C(=O)CN1CCBr. The molecule has 2 fully saturated rings. The quantitative estimate of drug-likeness (QED) is 0.667. The highest BCUT2D eigenvalue weighted by molar-refractivity contribution is 9.09. The number of hydrogen-bond acceptors (Lipinski definition) is 2. The molecule has 1 unspecified atom stereocenters. The second kappa shape index (κ2) is 3.88. The predicted molar refractivity (Wildman–Crippen MR) is 55.1 cm³/mol. The van der Waals surface area contributed by atoms with Crippen LogP contribution in [0.3, 0.4) is 0 Å². The molecule has 2 saturated heterocycles. The van der Waals surface area contributed by atoms with E-state index in [-0.39, 0.29) is 24.4 Å².